The van der Waals surface area contributed by atoms with Crippen molar-refractivity contribution < 1.29 is 13.5 Å². The smallest absolute Gasteiger partial charge is 0.349 e. The number of hydrogen-bond donors (Lipinski definition) is 2. The molecule has 35 heavy (non-hydrogen) atoms. The molecule has 4 heterocycles. The van der Waals surface area contributed by atoms with Crippen LogP contribution in [0.2, 0.25) is 0 Å². The Bertz CT molecular complexity index is 1440. The molecule has 1 fully saturated rings. The van der Waals surface area contributed by atoms with Crippen LogP contribution in [0, 0.1) is 5.82 Å². The summed E-state index contributed by atoms with van der Waals surface area (Å²) < 4.78 is 29.0. The Hall–Kier alpha value is -3.66. The summed E-state index contributed by atoms with van der Waals surface area (Å²) in [4.78, 5) is 23.8. The van der Waals surface area contributed by atoms with Gasteiger partial charge in [-0.15, -0.1) is 0 Å². The van der Waals surface area contributed by atoms with E-state index in [1.54, 1.807) is 11.6 Å². The largest absolute Gasteiger partial charge is 0.449 e. The zero-order valence-electron chi connectivity index (χ0n) is 20.0. The van der Waals surface area contributed by atoms with E-state index in [-0.39, 0.29) is 23.4 Å². The number of nitrogens with two attached hydrogens (primary N) is 1. The fourth-order valence-corrected chi connectivity index (χ4v) is 4.93. The number of ether oxygens (including phenoxy) is 1. The van der Waals surface area contributed by atoms with Crippen LogP contribution in [0.5, 0.6) is 0 Å². The number of fused-ring (bicyclic) bond motifs is 3. The van der Waals surface area contributed by atoms with Crippen molar-refractivity contribution in [3.8, 4) is 0 Å². The number of aliphatic imine (C=N–C) groups is 1. The molecule has 2 aromatic heterocycles. The zero-order chi connectivity index (χ0) is 24.7. The van der Waals surface area contributed by atoms with Gasteiger partial charge in [-0.3, -0.25) is 9.56 Å². The minimum atomic E-state index is -0.517. The highest BCUT2D eigenvalue weighted by atomic mass is 19.1. The van der Waals surface area contributed by atoms with Gasteiger partial charge in [0.05, 0.1) is 18.5 Å². The first-order chi connectivity index (χ1) is 16.9. The monoisotopic (exact) mass is 480 g/mol. The van der Waals surface area contributed by atoms with Gasteiger partial charge in [0.1, 0.15) is 11.2 Å². The maximum atomic E-state index is 15.4. The topological polar surface area (TPSA) is 111 Å². The summed E-state index contributed by atoms with van der Waals surface area (Å²) in [7, 11) is 3.53. The summed E-state index contributed by atoms with van der Waals surface area (Å²) >= 11 is 0. The molecule has 2 atom stereocenters. The minimum Gasteiger partial charge on any atom is -0.449 e. The third-order valence-corrected chi connectivity index (χ3v) is 6.65. The first kappa shape index (κ1) is 23.1. The molecular weight excluding hydrogens is 451 g/mol. The Morgan fingerprint density at radius 1 is 1.40 bits per heavy atom. The number of hydrogen-bond acceptors (Lipinski definition) is 8. The van der Waals surface area contributed by atoms with Gasteiger partial charge in [-0.1, -0.05) is 6.92 Å². The van der Waals surface area contributed by atoms with Crippen LogP contribution in [0.3, 0.4) is 0 Å². The van der Waals surface area contributed by atoms with Gasteiger partial charge >= 0.3 is 5.69 Å². The Balaban J connectivity index is 1.84. The lowest BCUT2D eigenvalue weighted by molar-refractivity contribution is -0.00711. The number of nitrogens with zero attached hydrogens (tertiary/aromatic N) is 4. The average Bonchev–Trinajstić information content (AvgIpc) is 3.46. The van der Waals surface area contributed by atoms with Crippen LogP contribution < -0.4 is 16.7 Å². The molecule has 9 nitrogen and oxygen atoms in total. The van der Waals surface area contributed by atoms with E-state index in [0.717, 1.165) is 12.1 Å². The van der Waals surface area contributed by atoms with Gasteiger partial charge in [-0.05, 0) is 31.4 Å². The number of allylic oxidation sites excluding steroid dienone is 1. The lowest BCUT2D eigenvalue weighted by atomic mass is 10.0. The molecule has 184 valence electrons. The van der Waals surface area contributed by atoms with Gasteiger partial charge in [-0.25, -0.2) is 9.18 Å². The van der Waals surface area contributed by atoms with E-state index in [2.05, 4.69) is 22.2 Å². The van der Waals surface area contributed by atoms with Crippen molar-refractivity contribution in [3.05, 3.63) is 52.1 Å². The lowest BCUT2D eigenvalue weighted by Gasteiger charge is -2.30. The van der Waals surface area contributed by atoms with Gasteiger partial charge in [0.25, 0.3) is 0 Å². The first-order valence-corrected chi connectivity index (χ1v) is 11.8. The normalized spacial score (nSPS) is 21.3. The summed E-state index contributed by atoms with van der Waals surface area (Å²) in [5.41, 5.74) is 8.40. The van der Waals surface area contributed by atoms with E-state index in [0.29, 0.717) is 53.7 Å². The van der Waals surface area contributed by atoms with E-state index < -0.39 is 11.5 Å². The molecule has 1 saturated heterocycles. The van der Waals surface area contributed by atoms with Gasteiger partial charge in [-0.2, -0.15) is 4.98 Å². The van der Waals surface area contributed by atoms with E-state index in [4.69, 9.17) is 14.9 Å². The highest BCUT2D eigenvalue weighted by Crippen LogP contribution is 2.38. The number of benzene rings is 1. The highest BCUT2D eigenvalue weighted by molar-refractivity contribution is 6.15. The minimum absolute atomic E-state index is 0.0379. The molecule has 0 saturated carbocycles. The van der Waals surface area contributed by atoms with Crippen LogP contribution in [-0.4, -0.2) is 54.1 Å². The quantitative estimate of drug-likeness (QED) is 0.540. The van der Waals surface area contributed by atoms with Crippen molar-refractivity contribution in [3.63, 3.8) is 0 Å². The summed E-state index contributed by atoms with van der Waals surface area (Å²) in [6, 6.07) is 3.14. The fourth-order valence-electron chi connectivity index (χ4n) is 4.93. The number of rotatable bonds is 5. The van der Waals surface area contributed by atoms with Crippen LogP contribution in [-0.2, 0) is 4.74 Å². The summed E-state index contributed by atoms with van der Waals surface area (Å²) in [6.07, 6.45) is 6.93. The van der Waals surface area contributed by atoms with Crippen LogP contribution >= 0.6 is 0 Å². The molecule has 3 N–H and O–H groups in total. The fraction of sp³-hybridized carbons (Fsp3) is 0.400. The molecule has 1 aromatic carbocycles. The van der Waals surface area contributed by atoms with E-state index in [9.17, 15) is 4.79 Å². The molecule has 0 amide bonds. The molecule has 0 aliphatic carbocycles. The molecule has 0 bridgehead atoms. The highest BCUT2D eigenvalue weighted by Gasteiger charge is 2.30. The molecule has 3 aromatic rings. The summed E-state index contributed by atoms with van der Waals surface area (Å²) in [5, 5.41) is 3.77. The third-order valence-electron chi connectivity index (χ3n) is 6.65. The first-order valence-electron chi connectivity index (χ1n) is 11.8. The van der Waals surface area contributed by atoms with Crippen LogP contribution in [0.25, 0.3) is 33.3 Å². The van der Waals surface area contributed by atoms with Crippen LogP contribution in [0.15, 0.2) is 38.7 Å². The predicted octanol–water partition coefficient (Wildman–Crippen LogP) is 3.20. The molecule has 2 aliphatic rings. The molecule has 0 unspecified atom stereocenters. The van der Waals surface area contributed by atoms with Crippen molar-refractivity contribution in [2.45, 2.75) is 38.3 Å². The summed E-state index contributed by atoms with van der Waals surface area (Å²) in [5.74, 6) is -0.517. The number of nitrogens with one attached hydrogen (secondary N) is 1. The van der Waals surface area contributed by atoms with E-state index >= 15 is 4.39 Å². The molecular formula is C25H29FN6O3. The van der Waals surface area contributed by atoms with Crippen LogP contribution in [0.1, 0.15) is 43.5 Å². The number of aromatic nitrogens is 2. The van der Waals surface area contributed by atoms with Gasteiger partial charge in [0.2, 0.25) is 0 Å². The zero-order valence-corrected chi connectivity index (χ0v) is 20.0. The average molecular weight is 481 g/mol. The Kier molecular flexibility index (Phi) is 6.06. The van der Waals surface area contributed by atoms with Crippen molar-refractivity contribution in [2.24, 2.45) is 10.7 Å². The van der Waals surface area contributed by atoms with Crippen molar-refractivity contribution in [2.75, 3.05) is 27.4 Å². The van der Waals surface area contributed by atoms with Gasteiger partial charge in [0, 0.05) is 61.9 Å². The second-order valence-corrected chi connectivity index (χ2v) is 8.95. The van der Waals surface area contributed by atoms with E-state index in [1.165, 1.54) is 18.5 Å². The molecule has 0 radical (unpaired) electrons. The van der Waals surface area contributed by atoms with Crippen molar-refractivity contribution >= 4 is 39.6 Å². The Labute approximate surface area is 201 Å². The maximum absolute atomic E-state index is 15.4. The molecule has 5 rings (SSSR count). The Morgan fingerprint density at radius 2 is 2.23 bits per heavy atom. The lowest BCUT2D eigenvalue weighted by Crippen LogP contribution is -2.34. The van der Waals surface area contributed by atoms with Crippen molar-refractivity contribution in [1.82, 2.24) is 19.8 Å². The number of halogens is 1. The molecule has 0 spiro atoms. The molecule has 10 heteroatoms. The summed E-state index contributed by atoms with van der Waals surface area (Å²) in [6.45, 7) is 3.22. The number of furan rings is 1. The Morgan fingerprint density at radius 3 is 2.91 bits per heavy atom. The van der Waals surface area contributed by atoms with Crippen molar-refractivity contribution in [1.29, 1.82) is 0 Å². The van der Waals surface area contributed by atoms with Crippen LogP contribution in [0.4, 0.5) is 4.39 Å². The molecule has 2 aliphatic heterocycles. The maximum Gasteiger partial charge on any atom is 0.349 e. The second kappa shape index (κ2) is 9.18. The predicted molar refractivity (Wildman–Crippen MR) is 134 cm³/mol. The second-order valence-electron chi connectivity index (χ2n) is 8.95. The van der Waals surface area contributed by atoms with Gasteiger partial charge in [0.15, 0.2) is 17.0 Å². The van der Waals surface area contributed by atoms with E-state index in [1.807, 2.05) is 24.2 Å². The SMILES string of the molecule is CC[C@H]1C[C@@H](n2c(=O)nc(C(C=NC)=CN)c3oc4c(F)cc(C5=CN(C)CN5)cc4c32)CCO1. The standard InChI is InChI=1S/C25H29FN6O3/c1-4-17-9-16(5-6-34-17)32-22-18-7-14(20-12-31(3)13-29-20)8-19(26)23(18)35-24(22)21(30-25(32)33)15(10-27)11-28-2/h7-8,10-12,16-17,29H,4-6,9,13,27H2,1-3H3/t16-,17-/m0/s1. The third kappa shape index (κ3) is 3.97. The van der Waals surface area contributed by atoms with Gasteiger partial charge < -0.3 is 25.1 Å².